The number of ether oxygens (including phenoxy) is 1. The van der Waals surface area contributed by atoms with Crippen molar-refractivity contribution in [3.63, 3.8) is 0 Å². The lowest BCUT2D eigenvalue weighted by Crippen LogP contribution is -2.02. The zero-order valence-electron chi connectivity index (χ0n) is 11.6. The molecule has 0 atom stereocenters. The van der Waals surface area contributed by atoms with Gasteiger partial charge in [-0.15, -0.1) is 0 Å². The van der Waals surface area contributed by atoms with Crippen molar-refractivity contribution >= 4 is 16.7 Å². The molecule has 2 aromatic rings. The molecule has 4 nitrogen and oxygen atoms in total. The number of aromatic nitrogens is 1. The highest BCUT2D eigenvalue weighted by Crippen LogP contribution is 2.27. The van der Waals surface area contributed by atoms with Crippen LogP contribution in [0.4, 0.5) is 0 Å². The van der Waals surface area contributed by atoms with E-state index >= 15 is 0 Å². The average molecular weight is 271 g/mol. The number of Topliss-reactive ketones (excluding diaryl/α,β-unsaturated/α-hetero) is 1. The molecule has 0 spiro atoms. The number of hydrogen-bond donors (Lipinski definition) is 1. The van der Waals surface area contributed by atoms with Crippen LogP contribution in [0.25, 0.3) is 10.9 Å². The number of fused-ring (bicyclic) bond motifs is 1. The van der Waals surface area contributed by atoms with Crippen LogP contribution in [0.1, 0.15) is 29.9 Å². The Balaban J connectivity index is 2.56. The van der Waals surface area contributed by atoms with Crippen LogP contribution in [0.15, 0.2) is 36.4 Å². The minimum atomic E-state index is -0.144. The third kappa shape index (κ3) is 2.70. The van der Waals surface area contributed by atoms with Gasteiger partial charge in [0.15, 0.2) is 5.78 Å². The molecule has 0 amide bonds. The Kier molecular flexibility index (Phi) is 4.15. The van der Waals surface area contributed by atoms with E-state index in [1.807, 2.05) is 6.92 Å². The first-order valence-electron chi connectivity index (χ1n) is 6.44. The SMILES string of the molecule is C=C(C)C(=O)c1ccc(O)c2nc(COCC)ccc12. The number of phenols is 1. The molecule has 1 aromatic heterocycles. The van der Waals surface area contributed by atoms with Crippen LogP contribution in [0.2, 0.25) is 0 Å². The van der Waals surface area contributed by atoms with E-state index < -0.39 is 0 Å². The van der Waals surface area contributed by atoms with Crippen LogP contribution in [0, 0.1) is 0 Å². The molecule has 0 saturated carbocycles. The van der Waals surface area contributed by atoms with Crippen LogP contribution in [-0.4, -0.2) is 22.5 Å². The fourth-order valence-corrected chi connectivity index (χ4v) is 1.96. The molecule has 4 heteroatoms. The van der Waals surface area contributed by atoms with Crippen molar-refractivity contribution in [2.24, 2.45) is 0 Å². The number of phenolic OH excluding ortho intramolecular Hbond substituents is 1. The van der Waals surface area contributed by atoms with Gasteiger partial charge in [-0.3, -0.25) is 4.79 Å². The summed E-state index contributed by atoms with van der Waals surface area (Å²) in [5, 5.41) is 10.6. The Morgan fingerprint density at radius 1 is 1.35 bits per heavy atom. The minimum absolute atomic E-state index is 0.0524. The maximum absolute atomic E-state index is 12.1. The molecule has 0 aliphatic rings. The zero-order chi connectivity index (χ0) is 14.7. The number of aromatic hydroxyl groups is 1. The Labute approximate surface area is 117 Å². The van der Waals surface area contributed by atoms with E-state index in [2.05, 4.69) is 11.6 Å². The van der Waals surface area contributed by atoms with Gasteiger partial charge in [0.05, 0.1) is 12.3 Å². The summed E-state index contributed by atoms with van der Waals surface area (Å²) < 4.78 is 5.30. The third-order valence-electron chi connectivity index (χ3n) is 2.98. The van der Waals surface area contributed by atoms with E-state index in [-0.39, 0.29) is 11.5 Å². The van der Waals surface area contributed by atoms with Gasteiger partial charge in [0.2, 0.25) is 0 Å². The molecule has 1 N–H and O–H groups in total. The lowest BCUT2D eigenvalue weighted by atomic mass is 10.00. The maximum atomic E-state index is 12.1. The van der Waals surface area contributed by atoms with Crippen molar-refractivity contribution in [2.75, 3.05) is 6.61 Å². The van der Waals surface area contributed by atoms with Gasteiger partial charge in [0.1, 0.15) is 11.3 Å². The van der Waals surface area contributed by atoms with Gasteiger partial charge in [0, 0.05) is 17.6 Å². The van der Waals surface area contributed by atoms with Gasteiger partial charge in [0.25, 0.3) is 0 Å². The molecule has 0 saturated heterocycles. The molecular weight excluding hydrogens is 254 g/mol. The van der Waals surface area contributed by atoms with Gasteiger partial charge in [-0.05, 0) is 37.6 Å². The first-order chi connectivity index (χ1) is 9.54. The molecule has 0 unspecified atom stereocenters. The normalized spacial score (nSPS) is 10.7. The van der Waals surface area contributed by atoms with Gasteiger partial charge < -0.3 is 9.84 Å². The summed E-state index contributed by atoms with van der Waals surface area (Å²) in [6.45, 7) is 8.21. The van der Waals surface area contributed by atoms with Gasteiger partial charge >= 0.3 is 0 Å². The highest BCUT2D eigenvalue weighted by atomic mass is 16.5. The number of benzene rings is 1. The van der Waals surface area contributed by atoms with Crippen molar-refractivity contribution in [3.8, 4) is 5.75 Å². The number of pyridine rings is 1. The van der Waals surface area contributed by atoms with E-state index in [9.17, 15) is 9.90 Å². The van der Waals surface area contributed by atoms with Gasteiger partial charge in [-0.1, -0.05) is 12.6 Å². The first kappa shape index (κ1) is 14.2. The summed E-state index contributed by atoms with van der Waals surface area (Å²) in [5.41, 5.74) is 2.08. The van der Waals surface area contributed by atoms with Crippen LogP contribution in [0.3, 0.4) is 0 Å². The molecule has 0 aliphatic carbocycles. The smallest absolute Gasteiger partial charge is 0.188 e. The molecule has 104 valence electrons. The summed E-state index contributed by atoms with van der Waals surface area (Å²) >= 11 is 0. The summed E-state index contributed by atoms with van der Waals surface area (Å²) in [6, 6.07) is 6.66. The second-order valence-electron chi connectivity index (χ2n) is 4.58. The van der Waals surface area contributed by atoms with E-state index in [1.54, 1.807) is 25.1 Å². The fourth-order valence-electron chi connectivity index (χ4n) is 1.96. The van der Waals surface area contributed by atoms with Crippen molar-refractivity contribution in [3.05, 3.63) is 47.7 Å². The maximum Gasteiger partial charge on any atom is 0.188 e. The minimum Gasteiger partial charge on any atom is -0.506 e. The number of carbonyl (C=O) groups excluding carboxylic acids is 1. The number of hydrogen-bond acceptors (Lipinski definition) is 4. The molecule has 0 bridgehead atoms. The summed E-state index contributed by atoms with van der Waals surface area (Å²) in [5.74, 6) is -0.0917. The van der Waals surface area contributed by atoms with Crippen LogP contribution < -0.4 is 0 Å². The largest absolute Gasteiger partial charge is 0.506 e. The number of allylic oxidation sites excluding steroid dienone is 1. The number of rotatable bonds is 5. The predicted octanol–water partition coefficient (Wildman–Crippen LogP) is 3.24. The molecular formula is C16H17NO3. The zero-order valence-corrected chi connectivity index (χ0v) is 11.6. The van der Waals surface area contributed by atoms with E-state index in [0.717, 1.165) is 5.69 Å². The fraction of sp³-hybridized carbons (Fsp3) is 0.250. The van der Waals surface area contributed by atoms with Crippen molar-refractivity contribution < 1.29 is 14.6 Å². The Bertz CT molecular complexity index is 677. The molecule has 0 aliphatic heterocycles. The van der Waals surface area contributed by atoms with E-state index in [0.29, 0.717) is 35.3 Å². The van der Waals surface area contributed by atoms with E-state index in [4.69, 9.17) is 4.74 Å². The highest BCUT2D eigenvalue weighted by molar-refractivity contribution is 6.15. The van der Waals surface area contributed by atoms with Crippen molar-refractivity contribution in [2.45, 2.75) is 20.5 Å². The standard InChI is InChI=1S/C16H17NO3/c1-4-20-9-11-5-6-12-13(16(19)10(2)3)7-8-14(18)15(12)17-11/h5-8,18H,2,4,9H2,1,3H3. The Hall–Kier alpha value is -2.20. The number of ketones is 1. The monoisotopic (exact) mass is 271 g/mol. The highest BCUT2D eigenvalue weighted by Gasteiger charge is 2.14. The Morgan fingerprint density at radius 3 is 2.75 bits per heavy atom. The molecule has 2 rings (SSSR count). The predicted molar refractivity (Wildman–Crippen MR) is 77.9 cm³/mol. The summed E-state index contributed by atoms with van der Waals surface area (Å²) in [6.07, 6.45) is 0. The number of nitrogens with zero attached hydrogens (tertiary/aromatic N) is 1. The van der Waals surface area contributed by atoms with Crippen molar-refractivity contribution in [1.82, 2.24) is 4.98 Å². The molecule has 20 heavy (non-hydrogen) atoms. The number of carbonyl (C=O) groups is 1. The lowest BCUT2D eigenvalue weighted by molar-refractivity contribution is 0.103. The van der Waals surface area contributed by atoms with Crippen LogP contribution in [-0.2, 0) is 11.3 Å². The van der Waals surface area contributed by atoms with Gasteiger partial charge in [-0.2, -0.15) is 0 Å². The molecule has 0 fully saturated rings. The third-order valence-corrected chi connectivity index (χ3v) is 2.98. The van der Waals surface area contributed by atoms with Crippen molar-refractivity contribution in [1.29, 1.82) is 0 Å². The lowest BCUT2D eigenvalue weighted by Gasteiger charge is -2.09. The molecule has 0 radical (unpaired) electrons. The topological polar surface area (TPSA) is 59.4 Å². The quantitative estimate of drug-likeness (QED) is 0.670. The van der Waals surface area contributed by atoms with Crippen LogP contribution in [0.5, 0.6) is 5.75 Å². The summed E-state index contributed by atoms with van der Waals surface area (Å²) in [4.78, 5) is 16.5. The van der Waals surface area contributed by atoms with E-state index in [1.165, 1.54) is 6.07 Å². The molecule has 1 aromatic carbocycles. The second-order valence-corrected chi connectivity index (χ2v) is 4.58. The second kappa shape index (κ2) is 5.84. The van der Waals surface area contributed by atoms with Gasteiger partial charge in [-0.25, -0.2) is 4.98 Å². The Morgan fingerprint density at radius 2 is 2.10 bits per heavy atom. The molecule has 1 heterocycles. The van der Waals surface area contributed by atoms with Crippen LogP contribution >= 0.6 is 0 Å². The summed E-state index contributed by atoms with van der Waals surface area (Å²) in [7, 11) is 0. The average Bonchev–Trinajstić information content (AvgIpc) is 2.45. The first-order valence-corrected chi connectivity index (χ1v) is 6.44.